The van der Waals surface area contributed by atoms with Gasteiger partial charge in [-0.25, -0.2) is 4.79 Å². The van der Waals surface area contributed by atoms with Crippen molar-refractivity contribution >= 4 is 16.9 Å². The lowest BCUT2D eigenvalue weighted by Gasteiger charge is -2.21. The molecule has 3 rings (SSSR count). The van der Waals surface area contributed by atoms with E-state index in [1.54, 1.807) is 6.07 Å². The van der Waals surface area contributed by atoms with Crippen molar-refractivity contribution in [3.63, 3.8) is 0 Å². The SMILES string of the molecule is O=C(O)c1oc2ccccc2c1COC1CCCCC1. The first-order valence-corrected chi connectivity index (χ1v) is 7.11. The van der Waals surface area contributed by atoms with Crippen LogP contribution >= 0.6 is 0 Å². The zero-order chi connectivity index (χ0) is 13.9. The average molecular weight is 274 g/mol. The lowest BCUT2D eigenvalue weighted by molar-refractivity contribution is 0.0162. The molecule has 4 nitrogen and oxygen atoms in total. The highest BCUT2D eigenvalue weighted by atomic mass is 16.5. The van der Waals surface area contributed by atoms with Crippen LogP contribution in [0.2, 0.25) is 0 Å². The number of para-hydroxylation sites is 1. The summed E-state index contributed by atoms with van der Waals surface area (Å²) in [6.07, 6.45) is 6.05. The molecule has 106 valence electrons. The van der Waals surface area contributed by atoms with Gasteiger partial charge >= 0.3 is 5.97 Å². The van der Waals surface area contributed by atoms with Gasteiger partial charge in [-0.3, -0.25) is 0 Å². The molecule has 1 aromatic carbocycles. The van der Waals surface area contributed by atoms with Crippen molar-refractivity contribution in [2.75, 3.05) is 0 Å². The maximum atomic E-state index is 11.3. The van der Waals surface area contributed by atoms with Gasteiger partial charge in [0, 0.05) is 10.9 Å². The van der Waals surface area contributed by atoms with Crippen LogP contribution in [0.3, 0.4) is 0 Å². The molecule has 0 bridgehead atoms. The van der Waals surface area contributed by atoms with Crippen molar-refractivity contribution < 1.29 is 19.1 Å². The van der Waals surface area contributed by atoms with Crippen molar-refractivity contribution in [1.29, 1.82) is 0 Å². The number of furan rings is 1. The van der Waals surface area contributed by atoms with Gasteiger partial charge in [-0.05, 0) is 18.9 Å². The summed E-state index contributed by atoms with van der Waals surface area (Å²) in [4.78, 5) is 11.3. The molecule has 1 fully saturated rings. The summed E-state index contributed by atoms with van der Waals surface area (Å²) in [5.41, 5.74) is 1.26. The van der Waals surface area contributed by atoms with Gasteiger partial charge in [0.05, 0.1) is 12.7 Å². The summed E-state index contributed by atoms with van der Waals surface area (Å²) in [7, 11) is 0. The Labute approximate surface area is 117 Å². The van der Waals surface area contributed by atoms with E-state index >= 15 is 0 Å². The summed E-state index contributed by atoms with van der Waals surface area (Å²) < 4.78 is 11.3. The van der Waals surface area contributed by atoms with Gasteiger partial charge in [0.2, 0.25) is 5.76 Å². The molecule has 0 aliphatic heterocycles. The van der Waals surface area contributed by atoms with Crippen LogP contribution in [0.1, 0.15) is 48.2 Å². The van der Waals surface area contributed by atoms with E-state index in [9.17, 15) is 9.90 Å². The summed E-state index contributed by atoms with van der Waals surface area (Å²) in [5.74, 6) is -1.04. The molecule has 1 heterocycles. The molecule has 1 N–H and O–H groups in total. The Morgan fingerprint density at radius 3 is 2.75 bits per heavy atom. The topological polar surface area (TPSA) is 59.7 Å². The molecule has 1 aliphatic rings. The molecule has 1 saturated carbocycles. The highest BCUT2D eigenvalue weighted by Gasteiger charge is 2.21. The molecular weight excluding hydrogens is 256 g/mol. The van der Waals surface area contributed by atoms with Crippen molar-refractivity contribution in [3.8, 4) is 0 Å². The largest absolute Gasteiger partial charge is 0.475 e. The Morgan fingerprint density at radius 1 is 1.25 bits per heavy atom. The Hall–Kier alpha value is -1.81. The molecule has 0 unspecified atom stereocenters. The molecule has 0 amide bonds. The van der Waals surface area contributed by atoms with Crippen molar-refractivity contribution in [1.82, 2.24) is 0 Å². The first-order chi connectivity index (χ1) is 9.75. The average Bonchev–Trinajstić information content (AvgIpc) is 2.85. The molecule has 20 heavy (non-hydrogen) atoms. The molecule has 0 saturated heterocycles. The summed E-state index contributed by atoms with van der Waals surface area (Å²) in [6.45, 7) is 0.309. The number of hydrogen-bond donors (Lipinski definition) is 1. The second-order valence-electron chi connectivity index (χ2n) is 5.28. The van der Waals surface area contributed by atoms with Gasteiger partial charge in [-0.2, -0.15) is 0 Å². The summed E-state index contributed by atoms with van der Waals surface area (Å²) in [6, 6.07) is 7.38. The summed E-state index contributed by atoms with van der Waals surface area (Å²) >= 11 is 0. The molecular formula is C16H18O4. The third-order valence-corrected chi connectivity index (χ3v) is 3.91. The first-order valence-electron chi connectivity index (χ1n) is 7.11. The van der Waals surface area contributed by atoms with Gasteiger partial charge in [0.15, 0.2) is 0 Å². The number of ether oxygens (including phenoxy) is 1. The molecule has 0 atom stereocenters. The van der Waals surface area contributed by atoms with E-state index in [1.165, 1.54) is 19.3 Å². The highest BCUT2D eigenvalue weighted by Crippen LogP contribution is 2.28. The molecule has 2 aromatic rings. The fourth-order valence-electron chi connectivity index (χ4n) is 2.85. The number of benzene rings is 1. The first kappa shape index (κ1) is 13.2. The number of carboxylic acids is 1. The second kappa shape index (κ2) is 5.67. The number of carbonyl (C=O) groups is 1. The monoisotopic (exact) mass is 274 g/mol. The minimum atomic E-state index is -1.04. The third kappa shape index (κ3) is 2.56. The number of fused-ring (bicyclic) bond motifs is 1. The van der Waals surface area contributed by atoms with Crippen LogP contribution in [-0.2, 0) is 11.3 Å². The zero-order valence-electron chi connectivity index (χ0n) is 11.3. The number of hydrogen-bond acceptors (Lipinski definition) is 3. The minimum absolute atomic E-state index is 0.00186. The molecule has 1 aromatic heterocycles. The van der Waals surface area contributed by atoms with Crippen LogP contribution in [0.25, 0.3) is 11.0 Å². The number of rotatable bonds is 4. The van der Waals surface area contributed by atoms with Crippen LogP contribution in [-0.4, -0.2) is 17.2 Å². The molecule has 4 heteroatoms. The zero-order valence-corrected chi connectivity index (χ0v) is 11.3. The van der Waals surface area contributed by atoms with E-state index in [2.05, 4.69) is 0 Å². The van der Waals surface area contributed by atoms with E-state index in [-0.39, 0.29) is 11.9 Å². The quantitative estimate of drug-likeness (QED) is 0.916. The third-order valence-electron chi connectivity index (χ3n) is 3.91. The lowest BCUT2D eigenvalue weighted by atomic mass is 9.98. The van der Waals surface area contributed by atoms with Crippen LogP contribution in [0.4, 0.5) is 0 Å². The molecule has 1 aliphatic carbocycles. The maximum absolute atomic E-state index is 11.3. The standard InChI is InChI=1S/C16H18O4/c17-16(18)15-13(10-19-11-6-2-1-3-7-11)12-8-4-5-9-14(12)20-15/h4-5,8-9,11H,1-3,6-7,10H2,(H,17,18). The van der Waals surface area contributed by atoms with E-state index in [1.807, 2.05) is 18.2 Å². The van der Waals surface area contributed by atoms with E-state index < -0.39 is 5.97 Å². The van der Waals surface area contributed by atoms with Gasteiger partial charge in [0.1, 0.15) is 5.58 Å². The van der Waals surface area contributed by atoms with Crippen molar-refractivity contribution in [3.05, 3.63) is 35.6 Å². The van der Waals surface area contributed by atoms with Gasteiger partial charge in [-0.1, -0.05) is 37.5 Å². The van der Waals surface area contributed by atoms with Crippen LogP contribution in [0.15, 0.2) is 28.7 Å². The summed E-state index contributed by atoms with van der Waals surface area (Å²) in [5, 5.41) is 10.1. The Bertz CT molecular complexity index is 608. The van der Waals surface area contributed by atoms with Crippen LogP contribution < -0.4 is 0 Å². The van der Waals surface area contributed by atoms with Gasteiger partial charge in [0.25, 0.3) is 0 Å². The van der Waals surface area contributed by atoms with Crippen molar-refractivity contribution in [2.45, 2.75) is 44.8 Å². The normalized spacial score (nSPS) is 16.6. The van der Waals surface area contributed by atoms with Gasteiger partial charge in [-0.15, -0.1) is 0 Å². The lowest BCUT2D eigenvalue weighted by Crippen LogP contribution is -2.16. The molecule has 0 radical (unpaired) electrons. The maximum Gasteiger partial charge on any atom is 0.372 e. The smallest absolute Gasteiger partial charge is 0.372 e. The predicted molar refractivity (Wildman–Crippen MR) is 74.8 cm³/mol. The second-order valence-corrected chi connectivity index (χ2v) is 5.28. The van der Waals surface area contributed by atoms with Crippen molar-refractivity contribution in [2.24, 2.45) is 0 Å². The highest BCUT2D eigenvalue weighted by molar-refractivity contribution is 5.94. The van der Waals surface area contributed by atoms with E-state index in [4.69, 9.17) is 9.15 Å². The minimum Gasteiger partial charge on any atom is -0.475 e. The fraction of sp³-hybridized carbons (Fsp3) is 0.438. The Morgan fingerprint density at radius 2 is 2.00 bits per heavy atom. The predicted octanol–water partition coefficient (Wildman–Crippen LogP) is 3.98. The van der Waals surface area contributed by atoms with E-state index in [0.29, 0.717) is 17.8 Å². The van der Waals surface area contributed by atoms with Crippen LogP contribution in [0.5, 0.6) is 0 Å². The van der Waals surface area contributed by atoms with E-state index in [0.717, 1.165) is 18.2 Å². The molecule has 0 spiro atoms. The van der Waals surface area contributed by atoms with Crippen LogP contribution in [0, 0.1) is 0 Å². The Kier molecular flexibility index (Phi) is 3.74. The number of aromatic carboxylic acids is 1. The Balaban J connectivity index is 1.84. The fourth-order valence-corrected chi connectivity index (χ4v) is 2.85. The number of carboxylic acid groups (broad SMARTS) is 1. The van der Waals surface area contributed by atoms with Gasteiger partial charge < -0.3 is 14.3 Å².